The maximum Gasteiger partial charge on any atom is 0.218 e. The highest BCUT2D eigenvalue weighted by Gasteiger charge is 2.32. The van der Waals surface area contributed by atoms with Crippen molar-refractivity contribution in [2.75, 3.05) is 26.0 Å². The summed E-state index contributed by atoms with van der Waals surface area (Å²) in [7, 11) is 0. The first kappa shape index (κ1) is 20.5. The molecule has 1 aliphatic heterocycles. The van der Waals surface area contributed by atoms with Crippen LogP contribution in [0.1, 0.15) is 18.1 Å². The molecule has 6 heteroatoms. The molecule has 1 saturated heterocycles. The minimum absolute atomic E-state index is 0.218. The average molecular weight is 429 g/mol. The van der Waals surface area contributed by atoms with E-state index in [9.17, 15) is 0 Å². The molecule has 1 fully saturated rings. The summed E-state index contributed by atoms with van der Waals surface area (Å²) in [6, 6.07) is 16.3. The van der Waals surface area contributed by atoms with Crippen LogP contribution in [0.2, 0.25) is 5.02 Å². The molecule has 0 saturated carbocycles. The second-order valence-corrected chi connectivity index (χ2v) is 9.09. The number of pyridine rings is 1. The van der Waals surface area contributed by atoms with E-state index in [1.54, 1.807) is 11.8 Å². The summed E-state index contributed by atoms with van der Waals surface area (Å²) in [5, 5.41) is 5.37. The zero-order valence-corrected chi connectivity index (χ0v) is 18.3. The molecule has 2 aromatic carbocycles. The first-order valence-corrected chi connectivity index (χ1v) is 11.3. The van der Waals surface area contributed by atoms with E-state index in [-0.39, 0.29) is 5.41 Å². The van der Waals surface area contributed by atoms with Crippen molar-refractivity contribution in [2.24, 2.45) is 5.41 Å². The summed E-state index contributed by atoms with van der Waals surface area (Å²) in [4.78, 5) is 6.02. The third kappa shape index (κ3) is 4.86. The van der Waals surface area contributed by atoms with E-state index in [1.165, 1.54) is 4.90 Å². The van der Waals surface area contributed by atoms with Gasteiger partial charge in [-0.2, -0.15) is 0 Å². The van der Waals surface area contributed by atoms with Crippen LogP contribution in [-0.2, 0) is 17.9 Å². The standard InChI is InChI=1S/C23H25ClN2O2S/c1-23(14-27-15-23)13-25-11-18-9-16-7-8-19(29-2)10-21(16)26-22(18)28-12-17-5-3-4-6-20(17)24/h3-10,25H,11-15H2,1-2H3. The number of halogens is 1. The van der Waals surface area contributed by atoms with Gasteiger partial charge < -0.3 is 14.8 Å². The molecule has 1 aromatic heterocycles. The van der Waals surface area contributed by atoms with Crippen molar-refractivity contribution in [1.29, 1.82) is 0 Å². The van der Waals surface area contributed by atoms with Crippen molar-refractivity contribution in [3.8, 4) is 5.88 Å². The maximum absolute atomic E-state index is 6.29. The molecular formula is C23H25ClN2O2S. The van der Waals surface area contributed by atoms with Crippen LogP contribution in [0.15, 0.2) is 53.4 Å². The van der Waals surface area contributed by atoms with Gasteiger partial charge in [0.15, 0.2) is 0 Å². The van der Waals surface area contributed by atoms with E-state index < -0.39 is 0 Å². The Bertz CT molecular complexity index is 1010. The Hall–Kier alpha value is -1.79. The number of fused-ring (bicyclic) bond motifs is 1. The van der Waals surface area contributed by atoms with E-state index in [0.717, 1.165) is 41.8 Å². The van der Waals surface area contributed by atoms with Gasteiger partial charge in [-0.15, -0.1) is 11.8 Å². The van der Waals surface area contributed by atoms with E-state index in [0.29, 0.717) is 24.1 Å². The topological polar surface area (TPSA) is 43.4 Å². The molecule has 0 unspecified atom stereocenters. The van der Waals surface area contributed by atoms with Crippen molar-refractivity contribution >= 4 is 34.3 Å². The Morgan fingerprint density at radius 2 is 2.00 bits per heavy atom. The van der Waals surface area contributed by atoms with E-state index >= 15 is 0 Å². The number of nitrogens with zero attached hydrogens (tertiary/aromatic N) is 1. The third-order valence-corrected chi connectivity index (χ3v) is 6.25. The molecule has 0 atom stereocenters. The molecule has 4 nitrogen and oxygen atoms in total. The molecule has 0 amide bonds. The number of nitrogens with one attached hydrogen (secondary N) is 1. The molecule has 0 spiro atoms. The molecular weight excluding hydrogens is 404 g/mol. The molecule has 1 aliphatic rings. The normalized spacial score (nSPS) is 15.3. The zero-order valence-electron chi connectivity index (χ0n) is 16.7. The average Bonchev–Trinajstić information content (AvgIpc) is 2.71. The SMILES string of the molecule is CSc1ccc2cc(CNCC3(C)COC3)c(OCc3ccccc3Cl)nc2c1. The summed E-state index contributed by atoms with van der Waals surface area (Å²) in [6.45, 7) is 5.84. The molecule has 0 aliphatic carbocycles. The van der Waals surface area contributed by atoms with Gasteiger partial charge in [-0.3, -0.25) is 0 Å². The number of rotatable bonds is 8. The lowest BCUT2D eigenvalue weighted by Gasteiger charge is -2.38. The highest BCUT2D eigenvalue weighted by Crippen LogP contribution is 2.29. The highest BCUT2D eigenvalue weighted by molar-refractivity contribution is 7.98. The van der Waals surface area contributed by atoms with Crippen LogP contribution in [0.4, 0.5) is 0 Å². The molecule has 3 aromatic rings. The second-order valence-electron chi connectivity index (χ2n) is 7.80. The largest absolute Gasteiger partial charge is 0.472 e. The van der Waals surface area contributed by atoms with Crippen molar-refractivity contribution in [2.45, 2.75) is 25.0 Å². The quantitative estimate of drug-likeness (QED) is 0.492. The van der Waals surface area contributed by atoms with Gasteiger partial charge in [0.1, 0.15) is 6.61 Å². The Labute approximate surface area is 181 Å². The zero-order chi connectivity index (χ0) is 20.3. The fraction of sp³-hybridized carbons (Fsp3) is 0.348. The third-order valence-electron chi connectivity index (χ3n) is 5.15. The van der Waals surface area contributed by atoms with Crippen molar-refractivity contribution < 1.29 is 9.47 Å². The molecule has 29 heavy (non-hydrogen) atoms. The molecule has 0 radical (unpaired) electrons. The first-order valence-electron chi connectivity index (χ1n) is 9.69. The van der Waals surface area contributed by atoms with E-state index in [1.807, 2.05) is 24.3 Å². The molecule has 4 rings (SSSR count). The van der Waals surface area contributed by atoms with Crippen LogP contribution in [0.3, 0.4) is 0 Å². The smallest absolute Gasteiger partial charge is 0.218 e. The van der Waals surface area contributed by atoms with E-state index in [4.69, 9.17) is 26.1 Å². The Morgan fingerprint density at radius 3 is 2.72 bits per heavy atom. The Morgan fingerprint density at radius 1 is 1.17 bits per heavy atom. The van der Waals surface area contributed by atoms with Gasteiger partial charge in [-0.25, -0.2) is 4.98 Å². The van der Waals surface area contributed by atoms with Gasteiger partial charge in [0.2, 0.25) is 5.88 Å². The van der Waals surface area contributed by atoms with Gasteiger partial charge in [0.05, 0.1) is 18.7 Å². The van der Waals surface area contributed by atoms with Crippen LogP contribution in [0.5, 0.6) is 5.88 Å². The van der Waals surface area contributed by atoms with Crippen LogP contribution in [0, 0.1) is 5.41 Å². The van der Waals surface area contributed by atoms with Crippen LogP contribution in [0.25, 0.3) is 10.9 Å². The fourth-order valence-electron chi connectivity index (χ4n) is 3.36. The fourth-order valence-corrected chi connectivity index (χ4v) is 3.99. The van der Waals surface area contributed by atoms with Gasteiger partial charge in [-0.1, -0.05) is 42.8 Å². The second kappa shape index (κ2) is 8.92. The Kier molecular flexibility index (Phi) is 6.30. The van der Waals surface area contributed by atoms with Gasteiger partial charge >= 0.3 is 0 Å². The Balaban J connectivity index is 1.57. The minimum Gasteiger partial charge on any atom is -0.472 e. The van der Waals surface area contributed by atoms with E-state index in [2.05, 4.69) is 42.8 Å². The van der Waals surface area contributed by atoms with Crippen molar-refractivity contribution in [1.82, 2.24) is 10.3 Å². The molecule has 1 N–H and O–H groups in total. The highest BCUT2D eigenvalue weighted by atomic mass is 35.5. The maximum atomic E-state index is 6.29. The summed E-state index contributed by atoms with van der Waals surface area (Å²) < 4.78 is 11.5. The lowest BCUT2D eigenvalue weighted by Crippen LogP contribution is -2.47. The molecule has 152 valence electrons. The number of benzene rings is 2. The number of thioether (sulfide) groups is 1. The molecule has 2 heterocycles. The van der Waals surface area contributed by atoms with Crippen LogP contribution < -0.4 is 10.1 Å². The van der Waals surface area contributed by atoms with Gasteiger partial charge in [0.25, 0.3) is 0 Å². The van der Waals surface area contributed by atoms with Gasteiger partial charge in [-0.05, 0) is 30.5 Å². The minimum atomic E-state index is 0.218. The number of hydrogen-bond acceptors (Lipinski definition) is 5. The summed E-state index contributed by atoms with van der Waals surface area (Å²) >= 11 is 8.00. The summed E-state index contributed by atoms with van der Waals surface area (Å²) in [5.74, 6) is 0.651. The number of ether oxygens (including phenoxy) is 2. The van der Waals surface area contributed by atoms with Crippen molar-refractivity contribution in [3.05, 3.63) is 64.7 Å². The summed E-state index contributed by atoms with van der Waals surface area (Å²) in [6.07, 6.45) is 2.07. The van der Waals surface area contributed by atoms with Crippen LogP contribution >= 0.6 is 23.4 Å². The van der Waals surface area contributed by atoms with Gasteiger partial charge in [0, 0.05) is 44.9 Å². The monoisotopic (exact) mass is 428 g/mol. The first-order chi connectivity index (χ1) is 14.1. The lowest BCUT2D eigenvalue weighted by molar-refractivity contribution is -0.0991. The lowest BCUT2D eigenvalue weighted by atomic mass is 9.89. The summed E-state index contributed by atoms with van der Waals surface area (Å²) in [5.41, 5.74) is 3.15. The predicted octanol–water partition coefficient (Wildman–Crippen LogP) is 5.32. The number of hydrogen-bond donors (Lipinski definition) is 1. The predicted molar refractivity (Wildman–Crippen MR) is 120 cm³/mol. The molecule has 0 bridgehead atoms. The number of aromatic nitrogens is 1. The van der Waals surface area contributed by atoms with Crippen molar-refractivity contribution in [3.63, 3.8) is 0 Å². The van der Waals surface area contributed by atoms with Crippen LogP contribution in [-0.4, -0.2) is 31.0 Å².